The number of carbonyl (C=O) groups excluding carboxylic acids is 1. The van der Waals surface area contributed by atoms with Crippen molar-refractivity contribution in [2.75, 3.05) is 13.1 Å². The predicted octanol–water partition coefficient (Wildman–Crippen LogP) is 2.94. The minimum atomic E-state index is 0.0817. The molecule has 2 aliphatic carbocycles. The lowest BCUT2D eigenvalue weighted by molar-refractivity contribution is -0.129. The molecule has 2 saturated carbocycles. The van der Waals surface area contributed by atoms with Crippen LogP contribution in [0.1, 0.15) is 50.5 Å². The van der Waals surface area contributed by atoms with E-state index >= 15 is 0 Å². The van der Waals surface area contributed by atoms with Gasteiger partial charge in [0.05, 0.1) is 5.71 Å². The van der Waals surface area contributed by atoms with Crippen LogP contribution >= 0.6 is 0 Å². The lowest BCUT2D eigenvalue weighted by Gasteiger charge is -2.41. The molecule has 26 heavy (non-hydrogen) atoms. The molecule has 1 aromatic rings. The average Bonchev–Trinajstić information content (AvgIpc) is 2.57. The van der Waals surface area contributed by atoms with Crippen molar-refractivity contribution in [2.24, 2.45) is 16.9 Å². The third-order valence-electron chi connectivity index (χ3n) is 6.77. The zero-order valence-electron chi connectivity index (χ0n) is 15.2. The van der Waals surface area contributed by atoms with Gasteiger partial charge in [-0.3, -0.25) is 4.79 Å². The smallest absolute Gasteiger partial charge is 0.243 e. The van der Waals surface area contributed by atoms with Crippen LogP contribution in [-0.2, 0) is 4.79 Å². The van der Waals surface area contributed by atoms with Gasteiger partial charge < -0.3 is 9.64 Å². The van der Waals surface area contributed by atoms with Gasteiger partial charge in [-0.25, -0.2) is 5.43 Å². The Hall–Kier alpha value is -1.88. The van der Waals surface area contributed by atoms with Crippen molar-refractivity contribution in [1.82, 2.24) is 10.3 Å². The zero-order valence-corrected chi connectivity index (χ0v) is 15.2. The number of fused-ring (bicyclic) bond motifs is 1. The average molecular weight is 353 g/mol. The maximum atomic E-state index is 11.8. The summed E-state index contributed by atoms with van der Waals surface area (Å²) in [7, 11) is 0. The summed E-state index contributed by atoms with van der Waals surface area (Å²) in [5.41, 5.74) is 4.81. The highest BCUT2D eigenvalue weighted by Crippen LogP contribution is 2.39. The largest absolute Gasteiger partial charge is 0.490 e. The van der Waals surface area contributed by atoms with Crippen LogP contribution in [0.2, 0.25) is 0 Å². The summed E-state index contributed by atoms with van der Waals surface area (Å²) in [5.74, 6) is 1.45. The van der Waals surface area contributed by atoms with Gasteiger partial charge in [-0.15, -0.1) is 0 Å². The lowest BCUT2D eigenvalue weighted by Crippen LogP contribution is -2.47. The van der Waals surface area contributed by atoms with E-state index < -0.39 is 0 Å². The number of carbonyl (C=O) groups is 1. The number of nitrogens with one attached hydrogen (secondary N) is 1. The summed E-state index contributed by atoms with van der Waals surface area (Å²) in [5, 5.41) is 4.32. The van der Waals surface area contributed by atoms with Crippen molar-refractivity contribution >= 4 is 11.6 Å². The van der Waals surface area contributed by atoms with Crippen LogP contribution in [0, 0.1) is 11.8 Å². The Bertz CT molecular complexity index is 702. The second-order valence-electron chi connectivity index (χ2n) is 8.23. The molecule has 138 valence electrons. The van der Waals surface area contributed by atoms with Gasteiger partial charge >= 0.3 is 0 Å². The number of hydrogen-bond acceptors (Lipinski definition) is 4. The van der Waals surface area contributed by atoms with Gasteiger partial charge in [0.15, 0.2) is 0 Å². The Kier molecular flexibility index (Phi) is 4.20. The van der Waals surface area contributed by atoms with Crippen molar-refractivity contribution in [3.05, 3.63) is 29.8 Å². The first kappa shape index (κ1) is 16.3. The second-order valence-corrected chi connectivity index (χ2v) is 8.23. The summed E-state index contributed by atoms with van der Waals surface area (Å²) in [4.78, 5) is 14.4. The minimum absolute atomic E-state index is 0.0817. The van der Waals surface area contributed by atoms with Crippen molar-refractivity contribution < 1.29 is 9.53 Å². The molecular formula is C21H27N3O2. The molecule has 0 radical (unpaired) electrons. The maximum absolute atomic E-state index is 11.8. The first-order valence-electron chi connectivity index (χ1n) is 10.2. The summed E-state index contributed by atoms with van der Waals surface area (Å²) in [6.07, 6.45) is 8.81. The number of hydrazone groups is 1. The Labute approximate surface area is 154 Å². The molecule has 2 atom stereocenters. The molecular weight excluding hydrogens is 326 g/mol. The summed E-state index contributed by atoms with van der Waals surface area (Å²) >= 11 is 0. The molecule has 4 aliphatic rings. The maximum Gasteiger partial charge on any atom is 0.243 e. The van der Waals surface area contributed by atoms with E-state index in [9.17, 15) is 4.79 Å². The van der Waals surface area contributed by atoms with Crippen molar-refractivity contribution in [2.45, 2.75) is 57.1 Å². The van der Waals surface area contributed by atoms with E-state index in [4.69, 9.17) is 4.74 Å². The first-order valence-corrected chi connectivity index (χ1v) is 10.2. The van der Waals surface area contributed by atoms with Gasteiger partial charge in [-0.2, -0.15) is 5.10 Å². The van der Waals surface area contributed by atoms with E-state index in [1.165, 1.54) is 32.4 Å². The summed E-state index contributed by atoms with van der Waals surface area (Å²) in [6, 6.07) is 9.14. The SMILES string of the molecule is O=C1NN=C(c2ccc(OC3CCN(C4CCC4)CC3)cc2)C2CCC12. The molecule has 0 bridgehead atoms. The van der Waals surface area contributed by atoms with Gasteiger partial charge in [0.2, 0.25) is 5.91 Å². The van der Waals surface area contributed by atoms with E-state index in [2.05, 4.69) is 39.7 Å². The molecule has 0 aromatic heterocycles. The van der Waals surface area contributed by atoms with Gasteiger partial charge in [0.25, 0.3) is 0 Å². The quantitative estimate of drug-likeness (QED) is 0.905. The van der Waals surface area contributed by atoms with Crippen LogP contribution in [0.5, 0.6) is 5.75 Å². The number of likely N-dealkylation sites (tertiary alicyclic amines) is 1. The molecule has 5 rings (SSSR count). The van der Waals surface area contributed by atoms with Gasteiger partial charge in [-0.1, -0.05) is 6.42 Å². The van der Waals surface area contributed by atoms with E-state index in [0.717, 1.165) is 48.7 Å². The van der Waals surface area contributed by atoms with Gasteiger partial charge in [0, 0.05) is 31.0 Å². The highest BCUT2D eigenvalue weighted by atomic mass is 16.5. The monoisotopic (exact) mass is 353 g/mol. The Morgan fingerprint density at radius 3 is 2.31 bits per heavy atom. The number of nitrogens with zero attached hydrogens (tertiary/aromatic N) is 2. The standard InChI is InChI=1S/C21H27N3O2/c25-21-19-9-8-18(19)20(22-23-21)14-4-6-16(7-5-14)26-17-10-12-24(13-11-17)15-2-1-3-15/h4-7,15,17-19H,1-3,8-13H2,(H,23,25). The number of ether oxygens (including phenoxy) is 1. The van der Waals surface area contributed by atoms with Gasteiger partial charge in [0.1, 0.15) is 11.9 Å². The van der Waals surface area contributed by atoms with Crippen molar-refractivity contribution in [3.8, 4) is 5.75 Å². The van der Waals surface area contributed by atoms with Crippen LogP contribution < -0.4 is 10.2 Å². The van der Waals surface area contributed by atoms with Crippen LogP contribution in [-0.4, -0.2) is 41.8 Å². The number of hydrogen-bond donors (Lipinski definition) is 1. The fraction of sp³-hybridized carbons (Fsp3) is 0.619. The van der Waals surface area contributed by atoms with E-state index in [1.807, 2.05) is 0 Å². The van der Waals surface area contributed by atoms with E-state index in [1.54, 1.807) is 0 Å². The summed E-state index contributed by atoms with van der Waals surface area (Å²) < 4.78 is 6.22. The Morgan fingerprint density at radius 2 is 1.69 bits per heavy atom. The van der Waals surface area contributed by atoms with Crippen LogP contribution in [0.3, 0.4) is 0 Å². The third kappa shape index (κ3) is 2.92. The van der Waals surface area contributed by atoms with Gasteiger partial charge in [-0.05, 0) is 68.4 Å². The van der Waals surface area contributed by atoms with Crippen molar-refractivity contribution in [1.29, 1.82) is 0 Å². The molecule has 2 unspecified atom stereocenters. The first-order chi connectivity index (χ1) is 12.8. The molecule has 5 nitrogen and oxygen atoms in total. The molecule has 0 spiro atoms. The number of benzene rings is 1. The molecule has 2 heterocycles. The van der Waals surface area contributed by atoms with Crippen LogP contribution in [0.4, 0.5) is 0 Å². The molecule has 3 fully saturated rings. The molecule has 1 saturated heterocycles. The summed E-state index contributed by atoms with van der Waals surface area (Å²) in [6.45, 7) is 2.35. The predicted molar refractivity (Wildman–Crippen MR) is 100 cm³/mol. The molecule has 2 aliphatic heterocycles. The zero-order chi connectivity index (χ0) is 17.5. The minimum Gasteiger partial charge on any atom is -0.490 e. The van der Waals surface area contributed by atoms with Crippen LogP contribution in [0.25, 0.3) is 0 Å². The fourth-order valence-electron chi connectivity index (χ4n) is 4.71. The Balaban J connectivity index is 1.19. The third-order valence-corrected chi connectivity index (χ3v) is 6.77. The van der Waals surface area contributed by atoms with Crippen molar-refractivity contribution in [3.63, 3.8) is 0 Å². The van der Waals surface area contributed by atoms with E-state index in [0.29, 0.717) is 12.0 Å². The topological polar surface area (TPSA) is 53.9 Å². The fourth-order valence-corrected chi connectivity index (χ4v) is 4.71. The molecule has 1 aromatic carbocycles. The van der Waals surface area contributed by atoms with E-state index in [-0.39, 0.29) is 11.8 Å². The molecule has 1 N–H and O–H groups in total. The normalized spacial score (nSPS) is 29.8. The van der Waals surface area contributed by atoms with Crippen LogP contribution in [0.15, 0.2) is 29.4 Å². The number of rotatable bonds is 4. The number of piperidine rings is 1. The highest BCUT2D eigenvalue weighted by Gasteiger charge is 2.42. The lowest BCUT2D eigenvalue weighted by atomic mass is 9.68. The Morgan fingerprint density at radius 1 is 0.962 bits per heavy atom. The molecule has 5 heteroatoms. The second kappa shape index (κ2) is 6.69. The number of amides is 1. The highest BCUT2D eigenvalue weighted by molar-refractivity contribution is 6.07. The molecule has 1 amide bonds.